The number of urea groups is 1. The van der Waals surface area contributed by atoms with Gasteiger partial charge in [0.1, 0.15) is 0 Å². The average Bonchev–Trinajstić information content (AvgIpc) is 3.31. The fraction of sp³-hybridized carbons (Fsp3) is 0.875. The first-order valence-electron chi connectivity index (χ1n) is 8.42. The summed E-state index contributed by atoms with van der Waals surface area (Å²) in [5.74, 6) is -0.326. The highest BCUT2D eigenvalue weighted by Crippen LogP contribution is 2.38. The number of hydrogen-bond donors (Lipinski definition) is 2. The van der Waals surface area contributed by atoms with Gasteiger partial charge in [-0.1, -0.05) is 6.92 Å². The summed E-state index contributed by atoms with van der Waals surface area (Å²) in [5.41, 5.74) is 0. The topological polar surface area (TPSA) is 78.9 Å². The molecule has 0 aromatic heterocycles. The first-order valence-corrected chi connectivity index (χ1v) is 8.42. The van der Waals surface area contributed by atoms with Crippen LogP contribution in [0, 0.1) is 17.8 Å². The third kappa shape index (κ3) is 3.72. The summed E-state index contributed by atoms with van der Waals surface area (Å²) >= 11 is 0. The molecule has 0 aromatic rings. The molecule has 2 saturated heterocycles. The van der Waals surface area contributed by atoms with Crippen LogP contribution in [0.2, 0.25) is 0 Å². The largest absolute Gasteiger partial charge is 0.481 e. The smallest absolute Gasteiger partial charge is 0.317 e. The first-order chi connectivity index (χ1) is 10.5. The summed E-state index contributed by atoms with van der Waals surface area (Å²) in [6.45, 7) is 3.68. The van der Waals surface area contributed by atoms with Gasteiger partial charge < -0.3 is 20.1 Å². The molecule has 6 nitrogen and oxygen atoms in total. The van der Waals surface area contributed by atoms with Crippen LogP contribution >= 0.6 is 0 Å². The Kier molecular flexibility index (Phi) is 4.57. The summed E-state index contributed by atoms with van der Waals surface area (Å²) in [6, 6.07) is 0.0478. The van der Waals surface area contributed by atoms with E-state index in [1.165, 1.54) is 12.8 Å². The number of nitrogens with one attached hydrogen (secondary N) is 1. The van der Waals surface area contributed by atoms with Crippen LogP contribution in [0.5, 0.6) is 0 Å². The number of aliphatic carboxylic acids is 1. The van der Waals surface area contributed by atoms with Crippen molar-refractivity contribution in [2.45, 2.75) is 51.2 Å². The van der Waals surface area contributed by atoms with Crippen LogP contribution in [0.15, 0.2) is 0 Å². The van der Waals surface area contributed by atoms with E-state index < -0.39 is 11.9 Å². The summed E-state index contributed by atoms with van der Waals surface area (Å²) in [7, 11) is 0. The molecular formula is C16H26N2O4. The predicted molar refractivity (Wildman–Crippen MR) is 80.5 cm³/mol. The maximum absolute atomic E-state index is 12.5. The molecule has 2 N–H and O–H groups in total. The number of carboxylic acids is 1. The Hall–Kier alpha value is -1.30. The van der Waals surface area contributed by atoms with Crippen molar-refractivity contribution in [1.82, 2.24) is 10.2 Å². The second-order valence-electron chi connectivity index (χ2n) is 7.20. The summed E-state index contributed by atoms with van der Waals surface area (Å²) in [6.07, 6.45) is 5.18. The molecule has 6 heteroatoms. The Balaban J connectivity index is 1.53. The highest BCUT2D eigenvalue weighted by molar-refractivity contribution is 5.76. The molecule has 1 aliphatic carbocycles. The van der Waals surface area contributed by atoms with Crippen LogP contribution in [0.4, 0.5) is 4.79 Å². The number of carbonyl (C=O) groups excluding carboxylic acids is 1. The van der Waals surface area contributed by atoms with E-state index in [0.717, 1.165) is 12.8 Å². The van der Waals surface area contributed by atoms with Crippen LogP contribution in [-0.2, 0) is 9.53 Å². The minimum Gasteiger partial charge on any atom is -0.481 e. The van der Waals surface area contributed by atoms with E-state index in [1.807, 2.05) is 6.92 Å². The van der Waals surface area contributed by atoms with Crippen molar-refractivity contribution < 1.29 is 19.4 Å². The molecule has 22 heavy (non-hydrogen) atoms. The zero-order valence-electron chi connectivity index (χ0n) is 13.2. The summed E-state index contributed by atoms with van der Waals surface area (Å²) < 4.78 is 5.78. The quantitative estimate of drug-likeness (QED) is 0.831. The van der Waals surface area contributed by atoms with Gasteiger partial charge in [-0.15, -0.1) is 0 Å². The number of nitrogens with zero attached hydrogens (tertiary/aromatic N) is 1. The Morgan fingerprint density at radius 3 is 2.64 bits per heavy atom. The van der Waals surface area contributed by atoms with Crippen LogP contribution in [0.1, 0.15) is 39.0 Å². The van der Waals surface area contributed by atoms with Crippen molar-refractivity contribution in [3.05, 3.63) is 0 Å². The molecular weight excluding hydrogens is 284 g/mol. The number of amides is 2. The lowest BCUT2D eigenvalue weighted by Gasteiger charge is -2.37. The van der Waals surface area contributed by atoms with Crippen molar-refractivity contribution in [3.8, 4) is 0 Å². The van der Waals surface area contributed by atoms with Crippen molar-refractivity contribution in [1.29, 1.82) is 0 Å². The van der Waals surface area contributed by atoms with Gasteiger partial charge in [-0.3, -0.25) is 4.79 Å². The van der Waals surface area contributed by atoms with Gasteiger partial charge in [0.25, 0.3) is 0 Å². The van der Waals surface area contributed by atoms with Gasteiger partial charge in [-0.2, -0.15) is 0 Å². The highest BCUT2D eigenvalue weighted by atomic mass is 16.5. The lowest BCUT2D eigenvalue weighted by atomic mass is 9.90. The molecule has 3 rings (SSSR count). The molecule has 0 aromatic carbocycles. The molecule has 4 atom stereocenters. The molecule has 124 valence electrons. The third-order valence-electron chi connectivity index (χ3n) is 5.09. The van der Waals surface area contributed by atoms with E-state index in [2.05, 4.69) is 5.32 Å². The van der Waals surface area contributed by atoms with E-state index in [0.29, 0.717) is 38.1 Å². The molecule has 0 radical (unpaired) electrons. The molecule has 0 spiro atoms. The molecule has 2 heterocycles. The Labute approximate surface area is 131 Å². The lowest BCUT2D eigenvalue weighted by Crippen LogP contribution is -2.53. The Bertz CT molecular complexity index is 438. The van der Waals surface area contributed by atoms with Crippen molar-refractivity contribution in [2.24, 2.45) is 17.8 Å². The van der Waals surface area contributed by atoms with Gasteiger partial charge in [-0.25, -0.2) is 4.79 Å². The van der Waals surface area contributed by atoms with Crippen LogP contribution < -0.4 is 5.32 Å². The SMILES string of the molecule is CC1CC(C(=O)O)CN(C(=O)NC2CCOC(C3CC3)C2)C1. The molecule has 2 aliphatic heterocycles. The molecule has 3 fully saturated rings. The fourth-order valence-electron chi connectivity index (χ4n) is 3.72. The van der Waals surface area contributed by atoms with Crippen LogP contribution in [-0.4, -0.2) is 53.8 Å². The van der Waals surface area contributed by atoms with E-state index >= 15 is 0 Å². The van der Waals surface area contributed by atoms with Gasteiger partial charge in [0.2, 0.25) is 0 Å². The Morgan fingerprint density at radius 1 is 1.18 bits per heavy atom. The number of likely N-dealkylation sites (tertiary alicyclic amines) is 1. The molecule has 1 saturated carbocycles. The summed E-state index contributed by atoms with van der Waals surface area (Å²) in [5, 5.41) is 12.3. The van der Waals surface area contributed by atoms with Gasteiger partial charge in [0, 0.05) is 25.7 Å². The lowest BCUT2D eigenvalue weighted by molar-refractivity contribution is -0.143. The fourth-order valence-corrected chi connectivity index (χ4v) is 3.72. The first kappa shape index (κ1) is 15.6. The normalized spacial score (nSPS) is 36.0. The third-order valence-corrected chi connectivity index (χ3v) is 5.09. The molecule has 0 bridgehead atoms. The van der Waals surface area contributed by atoms with Crippen LogP contribution in [0.3, 0.4) is 0 Å². The molecule has 2 amide bonds. The zero-order chi connectivity index (χ0) is 15.7. The number of ether oxygens (including phenoxy) is 1. The van der Waals surface area contributed by atoms with Gasteiger partial charge in [0.15, 0.2) is 0 Å². The number of carbonyl (C=O) groups is 2. The number of hydrogen-bond acceptors (Lipinski definition) is 3. The monoisotopic (exact) mass is 310 g/mol. The highest BCUT2D eigenvalue weighted by Gasteiger charge is 2.37. The van der Waals surface area contributed by atoms with Crippen LogP contribution in [0.25, 0.3) is 0 Å². The standard InChI is InChI=1S/C16H26N2O4/c1-10-6-12(15(19)20)9-18(8-10)16(21)17-13-4-5-22-14(7-13)11-2-3-11/h10-14H,2-9H2,1H3,(H,17,21)(H,19,20). The van der Waals surface area contributed by atoms with Gasteiger partial charge in [-0.05, 0) is 43.9 Å². The summed E-state index contributed by atoms with van der Waals surface area (Å²) in [4.78, 5) is 25.3. The predicted octanol–water partition coefficient (Wildman–Crippen LogP) is 1.70. The van der Waals surface area contributed by atoms with E-state index in [-0.39, 0.29) is 18.0 Å². The second-order valence-corrected chi connectivity index (χ2v) is 7.20. The molecule has 4 unspecified atom stereocenters. The van der Waals surface area contributed by atoms with E-state index in [1.54, 1.807) is 4.90 Å². The number of piperidine rings is 1. The average molecular weight is 310 g/mol. The van der Waals surface area contributed by atoms with Gasteiger partial charge in [0.05, 0.1) is 12.0 Å². The van der Waals surface area contributed by atoms with Crippen molar-refractivity contribution in [3.63, 3.8) is 0 Å². The molecule has 3 aliphatic rings. The maximum Gasteiger partial charge on any atom is 0.317 e. The second kappa shape index (κ2) is 6.44. The number of rotatable bonds is 3. The van der Waals surface area contributed by atoms with E-state index in [9.17, 15) is 14.7 Å². The van der Waals surface area contributed by atoms with E-state index in [4.69, 9.17) is 4.74 Å². The van der Waals surface area contributed by atoms with Crippen molar-refractivity contribution in [2.75, 3.05) is 19.7 Å². The maximum atomic E-state index is 12.5. The van der Waals surface area contributed by atoms with Gasteiger partial charge >= 0.3 is 12.0 Å². The number of carboxylic acid groups (broad SMARTS) is 1. The Morgan fingerprint density at radius 2 is 1.95 bits per heavy atom. The zero-order valence-corrected chi connectivity index (χ0v) is 13.2. The minimum atomic E-state index is -0.802. The van der Waals surface area contributed by atoms with Crippen molar-refractivity contribution >= 4 is 12.0 Å². The minimum absolute atomic E-state index is 0.112.